The van der Waals surface area contributed by atoms with E-state index in [-0.39, 0.29) is 0 Å². The predicted molar refractivity (Wildman–Crippen MR) is 60.3 cm³/mol. The Balaban J connectivity index is 2.27. The van der Waals surface area contributed by atoms with E-state index < -0.39 is 18.9 Å². The molecule has 0 aromatic carbocycles. The zero-order valence-corrected chi connectivity index (χ0v) is 10.7. The Morgan fingerprint density at radius 2 is 1.78 bits per heavy atom. The molecule has 0 aromatic rings. The number of hydrogen-bond acceptors (Lipinski definition) is 3. The number of ether oxygens (including phenoxy) is 1. The molecular formula is C11H19F3N2O2. The fraction of sp³-hybridized carbons (Fsp3) is 0.909. The molecule has 7 heteroatoms. The molecule has 0 spiro atoms. The maximum atomic E-state index is 11.9. The number of alkyl halides is 3. The molecule has 1 fully saturated rings. The van der Waals surface area contributed by atoms with Crippen molar-refractivity contribution < 1.29 is 22.7 Å². The molecule has 0 saturated carbocycles. The number of carbonyl (C=O) groups is 1. The average Bonchev–Trinajstić information content (AvgIpc) is 2.25. The summed E-state index contributed by atoms with van der Waals surface area (Å²) < 4.78 is 39.9. The summed E-state index contributed by atoms with van der Waals surface area (Å²) in [6.07, 6.45) is -5.34. The molecule has 1 aliphatic rings. The molecule has 1 rings (SSSR count). The van der Waals surface area contributed by atoms with Crippen molar-refractivity contribution in [3.05, 3.63) is 0 Å². The van der Waals surface area contributed by atoms with Crippen molar-refractivity contribution in [2.45, 2.75) is 20.0 Å². The highest BCUT2D eigenvalue weighted by atomic mass is 19.4. The second-order valence-electron chi connectivity index (χ2n) is 4.85. The van der Waals surface area contributed by atoms with E-state index in [4.69, 9.17) is 0 Å². The van der Waals surface area contributed by atoms with Crippen molar-refractivity contribution in [1.29, 1.82) is 0 Å². The van der Waals surface area contributed by atoms with Gasteiger partial charge < -0.3 is 9.64 Å². The minimum atomic E-state index is -4.46. The van der Waals surface area contributed by atoms with Crippen molar-refractivity contribution >= 4 is 6.09 Å². The minimum absolute atomic E-state index is 0.420. The van der Waals surface area contributed by atoms with Gasteiger partial charge in [-0.1, -0.05) is 13.8 Å². The van der Waals surface area contributed by atoms with Crippen molar-refractivity contribution in [2.75, 3.05) is 39.3 Å². The Hall–Kier alpha value is -0.980. The van der Waals surface area contributed by atoms with Gasteiger partial charge in [-0.3, -0.25) is 4.90 Å². The van der Waals surface area contributed by atoms with Crippen LogP contribution in [-0.4, -0.2) is 61.4 Å². The molecule has 0 N–H and O–H groups in total. The number of carbonyl (C=O) groups excluding carboxylic acids is 1. The first-order chi connectivity index (χ1) is 8.28. The van der Waals surface area contributed by atoms with E-state index in [1.165, 1.54) is 4.90 Å². The first kappa shape index (κ1) is 15.1. The highest BCUT2D eigenvalue weighted by molar-refractivity contribution is 5.67. The van der Waals surface area contributed by atoms with Crippen LogP contribution in [0.1, 0.15) is 13.8 Å². The summed E-state index contributed by atoms with van der Waals surface area (Å²) in [5, 5.41) is 0. The van der Waals surface area contributed by atoms with E-state index in [2.05, 4.69) is 23.5 Å². The van der Waals surface area contributed by atoms with Crippen LogP contribution in [0.3, 0.4) is 0 Å². The van der Waals surface area contributed by atoms with Crippen molar-refractivity contribution in [2.24, 2.45) is 5.92 Å². The number of rotatable bonds is 3. The van der Waals surface area contributed by atoms with Gasteiger partial charge in [0.05, 0.1) is 0 Å². The van der Waals surface area contributed by atoms with Gasteiger partial charge in [0.25, 0.3) is 0 Å². The summed E-state index contributed by atoms with van der Waals surface area (Å²) >= 11 is 0. The maximum absolute atomic E-state index is 11.9. The minimum Gasteiger partial charge on any atom is -0.440 e. The second kappa shape index (κ2) is 6.26. The fourth-order valence-corrected chi connectivity index (χ4v) is 1.86. The summed E-state index contributed by atoms with van der Waals surface area (Å²) in [5.74, 6) is 0.536. The lowest BCUT2D eigenvalue weighted by Crippen LogP contribution is -2.50. The van der Waals surface area contributed by atoms with E-state index >= 15 is 0 Å². The second-order valence-corrected chi connectivity index (χ2v) is 4.85. The van der Waals surface area contributed by atoms with Crippen LogP contribution in [0.5, 0.6) is 0 Å². The van der Waals surface area contributed by atoms with Crippen LogP contribution in [0, 0.1) is 5.92 Å². The van der Waals surface area contributed by atoms with Gasteiger partial charge in [0.15, 0.2) is 6.61 Å². The quantitative estimate of drug-likeness (QED) is 0.784. The van der Waals surface area contributed by atoms with Crippen molar-refractivity contribution in [3.8, 4) is 0 Å². The molecule has 18 heavy (non-hydrogen) atoms. The lowest BCUT2D eigenvalue weighted by atomic mass is 10.2. The van der Waals surface area contributed by atoms with Crippen molar-refractivity contribution in [1.82, 2.24) is 9.80 Å². The third kappa shape index (κ3) is 5.57. The van der Waals surface area contributed by atoms with Gasteiger partial charge in [0, 0.05) is 32.7 Å². The summed E-state index contributed by atoms with van der Waals surface area (Å²) in [5.41, 5.74) is 0. The molecule has 1 saturated heterocycles. The van der Waals surface area contributed by atoms with Gasteiger partial charge >= 0.3 is 12.3 Å². The first-order valence-corrected chi connectivity index (χ1v) is 5.99. The van der Waals surface area contributed by atoms with Gasteiger partial charge in [-0.15, -0.1) is 0 Å². The van der Waals surface area contributed by atoms with Crippen molar-refractivity contribution in [3.63, 3.8) is 0 Å². The Morgan fingerprint density at radius 1 is 1.22 bits per heavy atom. The van der Waals surface area contributed by atoms with Gasteiger partial charge in [-0.05, 0) is 5.92 Å². The number of hydrogen-bond donors (Lipinski definition) is 0. The zero-order valence-electron chi connectivity index (χ0n) is 10.7. The summed E-state index contributed by atoms with van der Waals surface area (Å²) in [7, 11) is 0. The molecule has 106 valence electrons. The lowest BCUT2D eigenvalue weighted by molar-refractivity contribution is -0.162. The standard InChI is InChI=1S/C11H19F3N2O2/c1-9(2)7-15-3-5-16(6-4-15)10(17)18-8-11(12,13)14/h9H,3-8H2,1-2H3. The van der Waals surface area contributed by atoms with Crippen LogP contribution in [-0.2, 0) is 4.74 Å². The van der Waals surface area contributed by atoms with Crippen LogP contribution < -0.4 is 0 Å². The molecular weight excluding hydrogens is 249 g/mol. The van der Waals surface area contributed by atoms with Gasteiger partial charge in [-0.25, -0.2) is 4.79 Å². The Bertz CT molecular complexity index is 274. The van der Waals surface area contributed by atoms with Gasteiger partial charge in [0.1, 0.15) is 0 Å². The third-order valence-corrected chi connectivity index (χ3v) is 2.61. The van der Waals surface area contributed by atoms with Crippen LogP contribution in [0.2, 0.25) is 0 Å². The molecule has 0 atom stereocenters. The molecule has 1 aliphatic heterocycles. The highest BCUT2D eigenvalue weighted by Crippen LogP contribution is 2.15. The summed E-state index contributed by atoms with van der Waals surface area (Å²) in [6, 6.07) is 0. The molecule has 0 radical (unpaired) electrons. The molecule has 0 unspecified atom stereocenters. The summed E-state index contributed by atoms with van der Waals surface area (Å²) in [4.78, 5) is 14.9. The Morgan fingerprint density at radius 3 is 2.22 bits per heavy atom. The van der Waals surface area contributed by atoms with Crippen LogP contribution in [0.15, 0.2) is 0 Å². The SMILES string of the molecule is CC(C)CN1CCN(C(=O)OCC(F)(F)F)CC1. The first-order valence-electron chi connectivity index (χ1n) is 5.99. The number of piperazine rings is 1. The smallest absolute Gasteiger partial charge is 0.422 e. The maximum Gasteiger partial charge on any atom is 0.422 e. The number of nitrogens with zero attached hydrogens (tertiary/aromatic N) is 2. The van der Waals surface area contributed by atoms with Crippen LogP contribution in [0.25, 0.3) is 0 Å². The van der Waals surface area contributed by atoms with E-state index in [0.717, 1.165) is 6.54 Å². The average molecular weight is 268 g/mol. The number of amides is 1. The molecule has 4 nitrogen and oxygen atoms in total. The van der Waals surface area contributed by atoms with E-state index in [9.17, 15) is 18.0 Å². The highest BCUT2D eigenvalue weighted by Gasteiger charge is 2.31. The fourth-order valence-electron chi connectivity index (χ4n) is 1.86. The lowest BCUT2D eigenvalue weighted by Gasteiger charge is -2.34. The normalized spacial score (nSPS) is 18.2. The predicted octanol–water partition coefficient (Wildman–Crippen LogP) is 1.96. The Labute approximate surface area is 105 Å². The van der Waals surface area contributed by atoms with Crippen LogP contribution in [0.4, 0.5) is 18.0 Å². The van der Waals surface area contributed by atoms with Gasteiger partial charge in [0.2, 0.25) is 0 Å². The topological polar surface area (TPSA) is 32.8 Å². The third-order valence-electron chi connectivity index (χ3n) is 2.61. The van der Waals surface area contributed by atoms with Crippen LogP contribution >= 0.6 is 0 Å². The molecule has 1 heterocycles. The van der Waals surface area contributed by atoms with E-state index in [0.29, 0.717) is 32.1 Å². The van der Waals surface area contributed by atoms with E-state index in [1.54, 1.807) is 0 Å². The Kier molecular flexibility index (Phi) is 5.25. The molecule has 0 bridgehead atoms. The number of halogens is 3. The molecule has 0 aliphatic carbocycles. The van der Waals surface area contributed by atoms with E-state index in [1.807, 2.05) is 0 Å². The monoisotopic (exact) mass is 268 g/mol. The zero-order chi connectivity index (χ0) is 13.8. The summed E-state index contributed by atoms with van der Waals surface area (Å²) in [6.45, 7) is 5.82. The molecule has 0 aromatic heterocycles. The van der Waals surface area contributed by atoms with Gasteiger partial charge in [-0.2, -0.15) is 13.2 Å². The molecule has 1 amide bonds. The largest absolute Gasteiger partial charge is 0.440 e.